The molecule has 8 nitrogen and oxygen atoms in total. The van der Waals surface area contributed by atoms with Gasteiger partial charge in [-0.1, -0.05) is 30.0 Å². The van der Waals surface area contributed by atoms with Crippen molar-refractivity contribution in [3.63, 3.8) is 0 Å². The van der Waals surface area contributed by atoms with E-state index in [1.165, 1.54) is 11.8 Å². The van der Waals surface area contributed by atoms with E-state index in [9.17, 15) is 4.79 Å². The van der Waals surface area contributed by atoms with Crippen molar-refractivity contribution in [1.82, 2.24) is 15.1 Å². The second-order valence-electron chi connectivity index (χ2n) is 7.54. The third-order valence-electron chi connectivity index (χ3n) is 4.91. The van der Waals surface area contributed by atoms with E-state index in [0.717, 1.165) is 28.2 Å². The molecule has 1 amide bonds. The van der Waals surface area contributed by atoms with Gasteiger partial charge in [0.1, 0.15) is 19.0 Å². The molecular formula is C23H25N3O5S. The first-order chi connectivity index (χ1) is 15.5. The molecule has 168 valence electrons. The summed E-state index contributed by atoms with van der Waals surface area (Å²) >= 11 is 1.21. The van der Waals surface area contributed by atoms with Crippen LogP contribution in [-0.4, -0.2) is 47.0 Å². The number of aromatic nitrogens is 2. The minimum Gasteiger partial charge on any atom is -0.486 e. The maximum atomic E-state index is 12.5. The second kappa shape index (κ2) is 9.95. The smallest absolute Gasteiger partial charge is 0.277 e. The highest BCUT2D eigenvalue weighted by Crippen LogP contribution is 2.31. The van der Waals surface area contributed by atoms with Crippen molar-refractivity contribution >= 4 is 17.7 Å². The third-order valence-corrected chi connectivity index (χ3v) is 5.72. The van der Waals surface area contributed by atoms with E-state index in [-0.39, 0.29) is 18.3 Å². The molecule has 0 saturated heterocycles. The SMILES string of the molecule is Cc1ccc(C)c(OCc2nnc(SCC(=O)N(C)Cc3ccc4c(c3)OCCO4)o2)c1. The van der Waals surface area contributed by atoms with E-state index in [1.54, 1.807) is 11.9 Å². The van der Waals surface area contributed by atoms with Crippen LogP contribution >= 0.6 is 11.8 Å². The molecule has 0 bridgehead atoms. The number of hydrogen-bond acceptors (Lipinski definition) is 8. The Balaban J connectivity index is 1.26. The summed E-state index contributed by atoms with van der Waals surface area (Å²) in [4.78, 5) is 14.2. The van der Waals surface area contributed by atoms with E-state index in [1.807, 2.05) is 50.2 Å². The van der Waals surface area contributed by atoms with Crippen LogP contribution in [0.1, 0.15) is 22.6 Å². The van der Waals surface area contributed by atoms with Crippen LogP contribution in [-0.2, 0) is 17.9 Å². The number of aryl methyl sites for hydroxylation is 2. The van der Waals surface area contributed by atoms with E-state index < -0.39 is 0 Å². The minimum atomic E-state index is -0.0451. The summed E-state index contributed by atoms with van der Waals surface area (Å²) in [5.41, 5.74) is 3.13. The molecule has 1 aliphatic heterocycles. The summed E-state index contributed by atoms with van der Waals surface area (Å²) in [6, 6.07) is 11.7. The fourth-order valence-corrected chi connectivity index (χ4v) is 3.86. The number of carbonyl (C=O) groups excluding carboxylic acids is 1. The van der Waals surface area contributed by atoms with Gasteiger partial charge in [0.15, 0.2) is 18.1 Å². The summed E-state index contributed by atoms with van der Waals surface area (Å²) in [5.74, 6) is 2.75. The number of thioether (sulfide) groups is 1. The first-order valence-corrected chi connectivity index (χ1v) is 11.2. The Morgan fingerprint density at radius 1 is 1.09 bits per heavy atom. The molecule has 1 aromatic heterocycles. The maximum Gasteiger partial charge on any atom is 0.277 e. The van der Waals surface area contributed by atoms with E-state index >= 15 is 0 Å². The summed E-state index contributed by atoms with van der Waals surface area (Å²) in [7, 11) is 1.76. The average molecular weight is 456 g/mol. The predicted molar refractivity (Wildman–Crippen MR) is 119 cm³/mol. The zero-order chi connectivity index (χ0) is 22.5. The van der Waals surface area contributed by atoms with Crippen LogP contribution < -0.4 is 14.2 Å². The Hall–Kier alpha value is -3.20. The van der Waals surface area contributed by atoms with E-state index in [0.29, 0.717) is 36.6 Å². The van der Waals surface area contributed by atoms with Gasteiger partial charge < -0.3 is 23.5 Å². The fourth-order valence-electron chi connectivity index (χ4n) is 3.14. The summed E-state index contributed by atoms with van der Waals surface area (Å²) < 4.78 is 22.5. The van der Waals surface area contributed by atoms with E-state index in [4.69, 9.17) is 18.6 Å². The first kappa shape index (κ1) is 22.0. The quantitative estimate of drug-likeness (QED) is 0.474. The lowest BCUT2D eigenvalue weighted by molar-refractivity contribution is -0.127. The minimum absolute atomic E-state index is 0.0451. The molecule has 2 heterocycles. The monoisotopic (exact) mass is 455 g/mol. The number of amides is 1. The van der Waals surface area contributed by atoms with Gasteiger partial charge in [-0.25, -0.2) is 0 Å². The number of rotatable bonds is 8. The molecular weight excluding hydrogens is 430 g/mol. The largest absolute Gasteiger partial charge is 0.486 e. The number of hydrogen-bond donors (Lipinski definition) is 0. The van der Waals surface area contributed by atoms with Gasteiger partial charge in [-0.3, -0.25) is 4.79 Å². The highest BCUT2D eigenvalue weighted by Gasteiger charge is 2.16. The molecule has 0 atom stereocenters. The lowest BCUT2D eigenvalue weighted by atomic mass is 10.1. The van der Waals surface area contributed by atoms with Crippen molar-refractivity contribution in [2.24, 2.45) is 0 Å². The first-order valence-electron chi connectivity index (χ1n) is 10.3. The van der Waals surface area contributed by atoms with Crippen molar-refractivity contribution in [3.05, 3.63) is 59.0 Å². The van der Waals surface area contributed by atoms with Crippen LogP contribution in [0.2, 0.25) is 0 Å². The van der Waals surface area contributed by atoms with Crippen molar-refractivity contribution in [2.45, 2.75) is 32.2 Å². The van der Waals surface area contributed by atoms with Crippen molar-refractivity contribution in [3.8, 4) is 17.2 Å². The van der Waals surface area contributed by atoms with Gasteiger partial charge in [0.25, 0.3) is 11.1 Å². The molecule has 0 aliphatic carbocycles. The van der Waals surface area contributed by atoms with Gasteiger partial charge >= 0.3 is 0 Å². The zero-order valence-corrected chi connectivity index (χ0v) is 19.1. The maximum absolute atomic E-state index is 12.5. The Bertz CT molecular complexity index is 1100. The predicted octanol–water partition coefficient (Wildman–Crippen LogP) is 3.79. The summed E-state index contributed by atoms with van der Waals surface area (Å²) in [5, 5.41) is 8.34. The van der Waals surface area contributed by atoms with Gasteiger partial charge in [-0.05, 0) is 48.7 Å². The summed E-state index contributed by atoms with van der Waals surface area (Å²) in [6.45, 7) is 5.72. The average Bonchev–Trinajstić information content (AvgIpc) is 3.25. The van der Waals surface area contributed by atoms with Crippen LogP contribution in [0.5, 0.6) is 17.2 Å². The molecule has 4 rings (SSSR count). The standard InChI is InChI=1S/C23H25N3O5S/c1-15-4-5-16(2)19(10-15)30-13-21-24-25-23(31-21)32-14-22(27)26(3)12-17-6-7-18-20(11-17)29-9-8-28-18/h4-7,10-11H,8-9,12-14H2,1-3H3. The van der Waals surface area contributed by atoms with Crippen LogP contribution in [0.3, 0.4) is 0 Å². The van der Waals surface area contributed by atoms with Crippen molar-refractivity contribution < 1.29 is 23.4 Å². The Morgan fingerprint density at radius 2 is 1.91 bits per heavy atom. The number of carbonyl (C=O) groups is 1. The topological polar surface area (TPSA) is 86.9 Å². The second-order valence-corrected chi connectivity index (χ2v) is 8.46. The van der Waals surface area contributed by atoms with Crippen molar-refractivity contribution in [2.75, 3.05) is 26.0 Å². The molecule has 0 N–H and O–H groups in total. The normalized spacial score (nSPS) is 12.5. The van der Waals surface area contributed by atoms with Crippen LogP contribution in [0, 0.1) is 13.8 Å². The third kappa shape index (κ3) is 5.53. The lowest BCUT2D eigenvalue weighted by Crippen LogP contribution is -2.27. The zero-order valence-electron chi connectivity index (χ0n) is 18.3. The van der Waals surface area contributed by atoms with Crippen molar-refractivity contribution in [1.29, 1.82) is 0 Å². The summed E-state index contributed by atoms with van der Waals surface area (Å²) in [6.07, 6.45) is 0. The van der Waals surface area contributed by atoms with Crippen LogP contribution in [0.4, 0.5) is 0 Å². The molecule has 9 heteroatoms. The number of ether oxygens (including phenoxy) is 3. The Morgan fingerprint density at radius 3 is 2.75 bits per heavy atom. The van der Waals surface area contributed by atoms with Crippen LogP contribution in [0.25, 0.3) is 0 Å². The molecule has 2 aromatic carbocycles. The highest BCUT2D eigenvalue weighted by atomic mass is 32.2. The number of nitrogens with zero attached hydrogens (tertiary/aromatic N) is 3. The van der Waals surface area contributed by atoms with E-state index in [2.05, 4.69) is 10.2 Å². The van der Waals surface area contributed by atoms with Gasteiger partial charge in [0.2, 0.25) is 5.91 Å². The molecule has 0 fully saturated rings. The fraction of sp³-hybridized carbons (Fsp3) is 0.348. The number of benzene rings is 2. The van der Waals surface area contributed by atoms with Gasteiger partial charge in [-0.15, -0.1) is 10.2 Å². The lowest BCUT2D eigenvalue weighted by Gasteiger charge is -2.21. The molecule has 0 saturated carbocycles. The Labute approximate surface area is 190 Å². The molecule has 0 unspecified atom stereocenters. The van der Waals surface area contributed by atoms with Crippen LogP contribution in [0.15, 0.2) is 46.0 Å². The van der Waals surface area contributed by atoms with Gasteiger partial charge in [0.05, 0.1) is 5.75 Å². The molecule has 3 aromatic rings. The number of fused-ring (bicyclic) bond motifs is 1. The molecule has 0 radical (unpaired) electrons. The molecule has 1 aliphatic rings. The molecule has 0 spiro atoms. The van der Waals surface area contributed by atoms with Gasteiger partial charge in [-0.2, -0.15) is 0 Å². The Kier molecular flexibility index (Phi) is 6.84. The molecule has 32 heavy (non-hydrogen) atoms. The van der Waals surface area contributed by atoms with Gasteiger partial charge in [0, 0.05) is 13.6 Å². The highest BCUT2D eigenvalue weighted by molar-refractivity contribution is 7.99.